The van der Waals surface area contributed by atoms with Crippen LogP contribution in [0.1, 0.15) is 55.8 Å². The molecule has 0 atom stereocenters. The SMILES string of the molecule is Cc1nnc(NCCC2CCC(C)CC2)c(C#N)c1C. The summed E-state index contributed by atoms with van der Waals surface area (Å²) in [6, 6.07) is 2.23. The normalized spacial score (nSPS) is 22.3. The Bertz CT molecular complexity index is 496. The van der Waals surface area contributed by atoms with Crippen LogP contribution in [-0.2, 0) is 0 Å². The van der Waals surface area contributed by atoms with E-state index in [0.717, 1.165) is 36.1 Å². The fraction of sp³-hybridized carbons (Fsp3) is 0.688. The Balaban J connectivity index is 1.89. The van der Waals surface area contributed by atoms with Crippen molar-refractivity contribution < 1.29 is 0 Å². The van der Waals surface area contributed by atoms with Crippen LogP contribution in [0.2, 0.25) is 0 Å². The Morgan fingerprint density at radius 3 is 2.55 bits per heavy atom. The van der Waals surface area contributed by atoms with E-state index >= 15 is 0 Å². The number of nitriles is 1. The number of nitrogens with zero attached hydrogens (tertiary/aromatic N) is 3. The summed E-state index contributed by atoms with van der Waals surface area (Å²) < 4.78 is 0. The molecule has 4 heteroatoms. The highest BCUT2D eigenvalue weighted by Crippen LogP contribution is 2.30. The van der Waals surface area contributed by atoms with Gasteiger partial charge in [-0.05, 0) is 37.7 Å². The van der Waals surface area contributed by atoms with Crippen molar-refractivity contribution in [2.45, 2.75) is 52.9 Å². The van der Waals surface area contributed by atoms with Crippen LogP contribution < -0.4 is 5.32 Å². The topological polar surface area (TPSA) is 61.6 Å². The van der Waals surface area contributed by atoms with Crippen molar-refractivity contribution in [3.05, 3.63) is 16.8 Å². The molecule has 0 spiro atoms. The van der Waals surface area contributed by atoms with E-state index in [1.54, 1.807) is 0 Å². The lowest BCUT2D eigenvalue weighted by molar-refractivity contribution is 0.282. The Kier molecular flexibility index (Phi) is 4.94. The molecule has 0 radical (unpaired) electrons. The molecule has 0 aliphatic heterocycles. The van der Waals surface area contributed by atoms with E-state index in [1.807, 2.05) is 13.8 Å². The van der Waals surface area contributed by atoms with E-state index in [0.29, 0.717) is 11.4 Å². The molecule has 1 heterocycles. The minimum atomic E-state index is 0.634. The van der Waals surface area contributed by atoms with Gasteiger partial charge in [0.05, 0.1) is 5.69 Å². The lowest BCUT2D eigenvalue weighted by Gasteiger charge is -2.26. The largest absolute Gasteiger partial charge is 0.367 e. The van der Waals surface area contributed by atoms with Gasteiger partial charge in [-0.1, -0.05) is 32.6 Å². The van der Waals surface area contributed by atoms with Crippen LogP contribution in [0.3, 0.4) is 0 Å². The third-order valence-electron chi connectivity index (χ3n) is 4.55. The average Bonchev–Trinajstić information content (AvgIpc) is 2.45. The van der Waals surface area contributed by atoms with E-state index < -0.39 is 0 Å². The Morgan fingerprint density at radius 1 is 1.20 bits per heavy atom. The van der Waals surface area contributed by atoms with Crippen molar-refractivity contribution in [2.24, 2.45) is 11.8 Å². The molecule has 4 nitrogen and oxygen atoms in total. The summed E-state index contributed by atoms with van der Waals surface area (Å²) in [7, 11) is 0. The maximum Gasteiger partial charge on any atom is 0.166 e. The minimum Gasteiger partial charge on any atom is -0.367 e. The lowest BCUT2D eigenvalue weighted by atomic mass is 9.81. The van der Waals surface area contributed by atoms with Gasteiger partial charge < -0.3 is 5.32 Å². The molecular weight excluding hydrogens is 248 g/mol. The predicted octanol–water partition coefficient (Wildman–Crippen LogP) is 3.59. The number of anilines is 1. The van der Waals surface area contributed by atoms with Crippen molar-refractivity contribution >= 4 is 5.82 Å². The van der Waals surface area contributed by atoms with Crippen molar-refractivity contribution in [3.63, 3.8) is 0 Å². The van der Waals surface area contributed by atoms with E-state index in [-0.39, 0.29) is 0 Å². The quantitative estimate of drug-likeness (QED) is 0.909. The summed E-state index contributed by atoms with van der Waals surface area (Å²) in [4.78, 5) is 0. The van der Waals surface area contributed by atoms with E-state index in [4.69, 9.17) is 0 Å². The maximum atomic E-state index is 9.24. The molecule has 20 heavy (non-hydrogen) atoms. The molecule has 108 valence electrons. The smallest absolute Gasteiger partial charge is 0.166 e. The van der Waals surface area contributed by atoms with Crippen LogP contribution in [0, 0.1) is 37.0 Å². The number of aromatic nitrogens is 2. The van der Waals surface area contributed by atoms with Crippen molar-refractivity contribution in [1.29, 1.82) is 5.26 Å². The standard InChI is InChI=1S/C16H24N4/c1-11-4-6-14(7-5-11)8-9-18-16-15(10-17)12(2)13(3)19-20-16/h11,14H,4-9H2,1-3H3,(H,18,20). The molecule has 1 aromatic heterocycles. The number of hydrogen-bond donors (Lipinski definition) is 1. The fourth-order valence-electron chi connectivity index (χ4n) is 2.88. The first-order chi connectivity index (χ1) is 9.61. The molecule has 1 aromatic rings. The summed E-state index contributed by atoms with van der Waals surface area (Å²) in [5.41, 5.74) is 2.39. The van der Waals surface area contributed by atoms with Crippen LogP contribution in [0.25, 0.3) is 0 Å². The van der Waals surface area contributed by atoms with E-state index in [2.05, 4.69) is 28.5 Å². The number of nitrogens with one attached hydrogen (secondary N) is 1. The second-order valence-electron chi connectivity index (χ2n) is 6.09. The molecule has 0 amide bonds. The number of hydrogen-bond acceptors (Lipinski definition) is 4. The predicted molar refractivity (Wildman–Crippen MR) is 80.4 cm³/mol. The van der Waals surface area contributed by atoms with Crippen molar-refractivity contribution in [3.8, 4) is 6.07 Å². The summed E-state index contributed by atoms with van der Waals surface area (Å²) in [5.74, 6) is 2.36. The molecule has 1 aliphatic carbocycles. The first-order valence-electron chi connectivity index (χ1n) is 7.59. The lowest BCUT2D eigenvalue weighted by Crippen LogP contribution is -2.17. The van der Waals surface area contributed by atoms with Crippen molar-refractivity contribution in [2.75, 3.05) is 11.9 Å². The van der Waals surface area contributed by atoms with Gasteiger partial charge in [0.1, 0.15) is 11.6 Å². The Hall–Kier alpha value is -1.63. The highest BCUT2D eigenvalue weighted by atomic mass is 15.2. The third kappa shape index (κ3) is 3.47. The molecular formula is C16H24N4. The van der Waals surface area contributed by atoms with Gasteiger partial charge in [-0.15, -0.1) is 5.10 Å². The summed E-state index contributed by atoms with van der Waals surface area (Å²) in [6.07, 6.45) is 6.56. The molecule has 1 N–H and O–H groups in total. The second-order valence-corrected chi connectivity index (χ2v) is 6.09. The highest BCUT2D eigenvalue weighted by molar-refractivity contribution is 5.55. The molecule has 2 rings (SSSR count). The summed E-state index contributed by atoms with van der Waals surface area (Å²) in [5, 5.41) is 20.8. The van der Waals surface area contributed by atoms with Gasteiger partial charge in [0, 0.05) is 6.54 Å². The first-order valence-corrected chi connectivity index (χ1v) is 7.59. The molecule has 0 aromatic carbocycles. The van der Waals surface area contributed by atoms with E-state index in [1.165, 1.54) is 25.7 Å². The zero-order valence-electron chi connectivity index (χ0n) is 12.7. The highest BCUT2D eigenvalue weighted by Gasteiger charge is 2.18. The summed E-state index contributed by atoms with van der Waals surface area (Å²) >= 11 is 0. The van der Waals surface area contributed by atoms with Crippen LogP contribution >= 0.6 is 0 Å². The van der Waals surface area contributed by atoms with Crippen LogP contribution in [0.4, 0.5) is 5.82 Å². The van der Waals surface area contributed by atoms with Gasteiger partial charge >= 0.3 is 0 Å². The average molecular weight is 272 g/mol. The van der Waals surface area contributed by atoms with Gasteiger partial charge in [0.2, 0.25) is 0 Å². The van der Waals surface area contributed by atoms with Crippen LogP contribution in [-0.4, -0.2) is 16.7 Å². The number of aryl methyl sites for hydroxylation is 1. The second kappa shape index (κ2) is 6.69. The monoisotopic (exact) mass is 272 g/mol. The maximum absolute atomic E-state index is 9.24. The molecule has 0 unspecified atom stereocenters. The van der Waals surface area contributed by atoms with Gasteiger partial charge in [-0.2, -0.15) is 10.4 Å². The zero-order chi connectivity index (χ0) is 14.5. The molecule has 1 fully saturated rings. The van der Waals surface area contributed by atoms with Crippen molar-refractivity contribution in [1.82, 2.24) is 10.2 Å². The van der Waals surface area contributed by atoms with E-state index in [9.17, 15) is 5.26 Å². The Labute approximate surface area is 121 Å². The minimum absolute atomic E-state index is 0.634. The molecule has 1 saturated carbocycles. The van der Waals surface area contributed by atoms with Gasteiger partial charge in [0.25, 0.3) is 0 Å². The zero-order valence-corrected chi connectivity index (χ0v) is 12.7. The molecule has 1 aliphatic rings. The van der Waals surface area contributed by atoms with Crippen LogP contribution in [0.15, 0.2) is 0 Å². The fourth-order valence-corrected chi connectivity index (χ4v) is 2.88. The van der Waals surface area contributed by atoms with Crippen LogP contribution in [0.5, 0.6) is 0 Å². The van der Waals surface area contributed by atoms with Gasteiger partial charge in [-0.3, -0.25) is 0 Å². The molecule has 0 saturated heterocycles. The number of rotatable bonds is 4. The first kappa shape index (κ1) is 14.8. The third-order valence-corrected chi connectivity index (χ3v) is 4.55. The summed E-state index contributed by atoms with van der Waals surface area (Å²) in [6.45, 7) is 7.04. The van der Waals surface area contributed by atoms with Gasteiger partial charge in [-0.25, -0.2) is 0 Å². The molecule has 0 bridgehead atoms. The van der Waals surface area contributed by atoms with Gasteiger partial charge in [0.15, 0.2) is 5.82 Å². The Morgan fingerprint density at radius 2 is 1.90 bits per heavy atom.